The van der Waals surface area contributed by atoms with Gasteiger partial charge >= 0.3 is 0 Å². The molecule has 9 nitrogen and oxygen atoms in total. The van der Waals surface area contributed by atoms with E-state index in [9.17, 15) is 13.2 Å². The van der Waals surface area contributed by atoms with Crippen molar-refractivity contribution in [1.29, 1.82) is 0 Å². The minimum Gasteiger partial charge on any atom is -0.493 e. The Bertz CT molecular complexity index is 1020. The van der Waals surface area contributed by atoms with Crippen LogP contribution in [-0.2, 0) is 10.0 Å². The van der Waals surface area contributed by atoms with E-state index in [2.05, 4.69) is 28.8 Å². The lowest BCUT2D eigenvalue weighted by Crippen LogP contribution is -2.38. The zero-order valence-corrected chi connectivity index (χ0v) is 22.0. The highest BCUT2D eigenvalue weighted by molar-refractivity contribution is 7.92. The van der Waals surface area contributed by atoms with Gasteiger partial charge in [-0.2, -0.15) is 0 Å². The summed E-state index contributed by atoms with van der Waals surface area (Å²) in [5.41, 5.74) is 1.60. The Hall–Kier alpha value is -2.69. The van der Waals surface area contributed by atoms with Gasteiger partial charge in [-0.05, 0) is 55.1 Å². The highest BCUT2D eigenvalue weighted by atomic mass is 35.5. The van der Waals surface area contributed by atoms with Crippen LogP contribution in [0.4, 0.5) is 5.69 Å². The van der Waals surface area contributed by atoms with Gasteiger partial charge in [-0.3, -0.25) is 9.52 Å². The van der Waals surface area contributed by atoms with Crippen molar-refractivity contribution < 1.29 is 27.4 Å². The number of rotatable bonds is 12. The quantitative estimate of drug-likeness (QED) is 0.446. The number of anilines is 1. The molecule has 0 bridgehead atoms. The lowest BCUT2D eigenvalue weighted by atomic mass is 10.0. The van der Waals surface area contributed by atoms with Crippen LogP contribution in [0.1, 0.15) is 35.8 Å². The predicted octanol–water partition coefficient (Wildman–Crippen LogP) is 3.32. The van der Waals surface area contributed by atoms with E-state index >= 15 is 0 Å². The molecule has 1 amide bonds. The molecule has 2 aromatic carbocycles. The van der Waals surface area contributed by atoms with Crippen LogP contribution in [0, 0.1) is 0 Å². The summed E-state index contributed by atoms with van der Waals surface area (Å²) in [7, 11) is 1.24. The first-order valence-electron chi connectivity index (χ1n) is 10.6. The van der Waals surface area contributed by atoms with E-state index in [0.29, 0.717) is 35.0 Å². The average Bonchev–Trinajstić information content (AvgIpc) is 2.79. The number of carbonyl (C=O) groups excluding carboxylic acids is 1. The smallest absolute Gasteiger partial charge is 0.251 e. The fourth-order valence-corrected chi connectivity index (χ4v) is 3.99. The van der Waals surface area contributed by atoms with Crippen LogP contribution in [0.25, 0.3) is 0 Å². The standard InChI is InChI=1S/C23H33N3O6S.ClH/c1-7-26(8-2)15-19(17-13-20(30-3)22(32-5)21(14-17)31-4)24-23(27)16-9-11-18(12-10-16)25-33(6,28)29;/h9-14,19,25H,7-8,15H2,1-6H3,(H,24,27);1H. The van der Waals surface area contributed by atoms with Crippen molar-refractivity contribution in [2.24, 2.45) is 0 Å². The number of methoxy groups -OCH3 is 3. The minimum absolute atomic E-state index is 0. The Morgan fingerprint density at radius 3 is 1.91 bits per heavy atom. The van der Waals surface area contributed by atoms with E-state index in [4.69, 9.17) is 14.2 Å². The molecule has 2 rings (SSSR count). The second kappa shape index (κ2) is 13.3. The number of halogens is 1. The second-order valence-electron chi connectivity index (χ2n) is 7.42. The molecule has 0 aliphatic rings. The summed E-state index contributed by atoms with van der Waals surface area (Å²) in [4.78, 5) is 15.3. The highest BCUT2D eigenvalue weighted by Gasteiger charge is 2.22. The summed E-state index contributed by atoms with van der Waals surface area (Å²) in [6, 6.07) is 9.55. The SMILES string of the molecule is CCN(CC)CC(NC(=O)c1ccc(NS(C)(=O)=O)cc1)c1cc(OC)c(OC)c(OC)c1.Cl. The second-order valence-corrected chi connectivity index (χ2v) is 9.17. The third kappa shape index (κ3) is 7.96. The van der Waals surface area contributed by atoms with Gasteiger partial charge in [0.25, 0.3) is 5.91 Å². The summed E-state index contributed by atoms with van der Waals surface area (Å²) in [5, 5.41) is 3.09. The molecule has 0 saturated carbocycles. The number of hydrogen-bond donors (Lipinski definition) is 2. The normalized spacial score (nSPS) is 11.9. The van der Waals surface area contributed by atoms with E-state index in [1.165, 1.54) is 7.11 Å². The van der Waals surface area contributed by atoms with Gasteiger partial charge < -0.3 is 24.4 Å². The number of hydrogen-bond acceptors (Lipinski definition) is 7. The predicted molar refractivity (Wildman–Crippen MR) is 136 cm³/mol. The van der Waals surface area contributed by atoms with Crippen LogP contribution < -0.4 is 24.2 Å². The lowest BCUT2D eigenvalue weighted by Gasteiger charge is -2.27. The molecular formula is C23H34ClN3O6S. The van der Waals surface area contributed by atoms with Crippen LogP contribution in [0.5, 0.6) is 17.2 Å². The van der Waals surface area contributed by atoms with Crippen LogP contribution in [-0.4, -0.2) is 66.4 Å². The van der Waals surface area contributed by atoms with Crippen LogP contribution in [0.2, 0.25) is 0 Å². The van der Waals surface area contributed by atoms with Crippen molar-refractivity contribution in [2.45, 2.75) is 19.9 Å². The van der Waals surface area contributed by atoms with Gasteiger partial charge in [-0.1, -0.05) is 13.8 Å². The molecule has 0 aliphatic carbocycles. The number of nitrogens with zero attached hydrogens (tertiary/aromatic N) is 1. The summed E-state index contributed by atoms with van der Waals surface area (Å²) < 4.78 is 41.6. The summed E-state index contributed by atoms with van der Waals surface area (Å²) in [5.74, 6) is 1.20. The molecule has 0 aliphatic heterocycles. The molecule has 0 fully saturated rings. The van der Waals surface area contributed by atoms with Crippen LogP contribution in [0.15, 0.2) is 36.4 Å². The van der Waals surface area contributed by atoms with Crippen molar-refractivity contribution in [2.75, 3.05) is 51.9 Å². The maximum Gasteiger partial charge on any atom is 0.251 e. The zero-order valence-electron chi connectivity index (χ0n) is 20.4. The number of ether oxygens (including phenoxy) is 3. The van der Waals surface area contributed by atoms with E-state index in [1.807, 2.05) is 12.1 Å². The van der Waals surface area contributed by atoms with Crippen molar-refractivity contribution >= 4 is 34.0 Å². The van der Waals surface area contributed by atoms with Crippen molar-refractivity contribution in [3.63, 3.8) is 0 Å². The number of benzene rings is 2. The Labute approximate surface area is 208 Å². The number of amides is 1. The molecule has 1 unspecified atom stereocenters. The Morgan fingerprint density at radius 1 is 0.971 bits per heavy atom. The van der Waals surface area contributed by atoms with Gasteiger partial charge in [0.1, 0.15) is 0 Å². The maximum atomic E-state index is 13.1. The fourth-order valence-electron chi connectivity index (χ4n) is 3.42. The largest absolute Gasteiger partial charge is 0.493 e. The minimum atomic E-state index is -3.39. The number of likely N-dealkylation sites (N-methyl/N-ethyl adjacent to an activating group) is 1. The molecule has 11 heteroatoms. The van der Waals surface area contributed by atoms with E-state index in [0.717, 1.165) is 24.9 Å². The number of nitrogens with one attached hydrogen (secondary N) is 2. The topological polar surface area (TPSA) is 106 Å². The average molecular weight is 516 g/mol. The highest BCUT2D eigenvalue weighted by Crippen LogP contribution is 2.39. The van der Waals surface area contributed by atoms with Gasteiger partial charge in [0, 0.05) is 17.8 Å². The Kier molecular flexibility index (Phi) is 11.4. The monoisotopic (exact) mass is 515 g/mol. The molecule has 34 heavy (non-hydrogen) atoms. The first-order chi connectivity index (χ1) is 15.6. The summed E-state index contributed by atoms with van der Waals surface area (Å²) in [6.07, 6.45) is 1.07. The molecule has 0 aromatic heterocycles. The van der Waals surface area contributed by atoms with Gasteiger partial charge in [0.2, 0.25) is 15.8 Å². The van der Waals surface area contributed by atoms with Crippen LogP contribution >= 0.6 is 12.4 Å². The molecule has 2 N–H and O–H groups in total. The van der Waals surface area contributed by atoms with Gasteiger partial charge in [-0.15, -0.1) is 12.4 Å². The number of carbonyl (C=O) groups is 1. The molecule has 1 atom stereocenters. The van der Waals surface area contributed by atoms with E-state index in [-0.39, 0.29) is 24.4 Å². The maximum absolute atomic E-state index is 13.1. The van der Waals surface area contributed by atoms with Crippen molar-refractivity contribution in [3.8, 4) is 17.2 Å². The van der Waals surface area contributed by atoms with Gasteiger partial charge in [-0.25, -0.2) is 8.42 Å². The zero-order chi connectivity index (χ0) is 24.6. The lowest BCUT2D eigenvalue weighted by molar-refractivity contribution is 0.0925. The first-order valence-corrected chi connectivity index (χ1v) is 12.5. The third-order valence-corrected chi connectivity index (χ3v) is 5.79. The molecule has 2 aromatic rings. The van der Waals surface area contributed by atoms with Crippen LogP contribution in [0.3, 0.4) is 0 Å². The fraction of sp³-hybridized carbons (Fsp3) is 0.435. The molecule has 0 radical (unpaired) electrons. The summed E-state index contributed by atoms with van der Waals surface area (Å²) in [6.45, 7) is 6.33. The first kappa shape index (κ1) is 29.3. The van der Waals surface area contributed by atoms with E-state index in [1.54, 1.807) is 38.5 Å². The Balaban J connectivity index is 0.00000578. The number of sulfonamides is 1. The van der Waals surface area contributed by atoms with Gasteiger partial charge in [0.15, 0.2) is 11.5 Å². The van der Waals surface area contributed by atoms with E-state index < -0.39 is 10.0 Å². The van der Waals surface area contributed by atoms with Gasteiger partial charge in [0.05, 0.1) is 33.6 Å². The molecule has 0 saturated heterocycles. The summed E-state index contributed by atoms with van der Waals surface area (Å²) >= 11 is 0. The van der Waals surface area contributed by atoms with Crippen molar-refractivity contribution in [3.05, 3.63) is 47.5 Å². The molecule has 0 heterocycles. The Morgan fingerprint density at radius 2 is 1.50 bits per heavy atom. The molecule has 190 valence electrons. The van der Waals surface area contributed by atoms with Crippen molar-refractivity contribution in [1.82, 2.24) is 10.2 Å². The third-order valence-electron chi connectivity index (χ3n) is 5.18. The molecular weight excluding hydrogens is 482 g/mol. The molecule has 0 spiro atoms.